The van der Waals surface area contributed by atoms with E-state index in [-0.39, 0.29) is 17.9 Å². The summed E-state index contributed by atoms with van der Waals surface area (Å²) in [6.07, 6.45) is -1.99. The molecule has 0 saturated carbocycles. The molecule has 2 aromatic carbocycles. The van der Waals surface area contributed by atoms with Crippen molar-refractivity contribution in [1.82, 2.24) is 14.8 Å². The lowest BCUT2D eigenvalue weighted by Gasteiger charge is -2.15. The molecule has 1 aromatic heterocycles. The highest BCUT2D eigenvalue weighted by atomic mass is 35.5. The average Bonchev–Trinajstić information content (AvgIpc) is 3.14. The molecule has 0 saturated heterocycles. The Bertz CT molecular complexity index is 944. The largest absolute Gasteiger partial charge is 0.416 e. The van der Waals surface area contributed by atoms with E-state index >= 15 is 0 Å². The van der Waals surface area contributed by atoms with Crippen LogP contribution in [0.2, 0.25) is 5.02 Å². The van der Waals surface area contributed by atoms with Gasteiger partial charge in [-0.2, -0.15) is 18.3 Å². The first kappa shape index (κ1) is 18.7. The Balaban J connectivity index is 1.81. The van der Waals surface area contributed by atoms with Gasteiger partial charge in [-0.05, 0) is 30.3 Å². The summed E-state index contributed by atoms with van der Waals surface area (Å²) >= 11 is 5.99. The third-order valence-electron chi connectivity index (χ3n) is 3.58. The van der Waals surface area contributed by atoms with Crippen LogP contribution >= 0.6 is 11.6 Å². The van der Waals surface area contributed by atoms with Crippen molar-refractivity contribution < 1.29 is 18.0 Å². The highest BCUT2D eigenvalue weighted by Crippen LogP contribution is 2.33. The van der Waals surface area contributed by atoms with Crippen LogP contribution in [0.5, 0.6) is 0 Å². The van der Waals surface area contributed by atoms with E-state index in [0.717, 1.165) is 12.1 Å². The minimum Gasteiger partial charge on any atom is -0.375 e. The number of carbonyl (C=O) groups excluding carboxylic acids is 1. The van der Waals surface area contributed by atoms with Gasteiger partial charge >= 0.3 is 6.18 Å². The zero-order valence-electron chi connectivity index (χ0n) is 13.7. The van der Waals surface area contributed by atoms with Gasteiger partial charge in [-0.15, -0.1) is 0 Å². The summed E-state index contributed by atoms with van der Waals surface area (Å²) in [6.45, 7) is -0.184. The Morgan fingerprint density at radius 2 is 1.93 bits per heavy atom. The molecule has 1 heterocycles. The molecule has 140 valence electrons. The first-order chi connectivity index (χ1) is 12.8. The van der Waals surface area contributed by atoms with Gasteiger partial charge in [0.2, 0.25) is 5.91 Å². The standard InChI is InChI=1S/C17H13ClF3N5O/c18-12-3-1-2-4-13(12)23-8-16(27)25-14-7-11(17(19,20)21)5-6-15(14)26-10-22-9-24-26/h1-7,9-10,23H,8H2,(H,25,27). The fourth-order valence-corrected chi connectivity index (χ4v) is 2.52. The van der Waals surface area contributed by atoms with Gasteiger partial charge < -0.3 is 10.6 Å². The van der Waals surface area contributed by atoms with E-state index in [1.807, 2.05) is 0 Å². The Kier molecular flexibility index (Phi) is 5.31. The molecule has 3 aromatic rings. The summed E-state index contributed by atoms with van der Waals surface area (Å²) in [5.74, 6) is -0.546. The van der Waals surface area contributed by atoms with Crippen molar-refractivity contribution in [2.75, 3.05) is 17.2 Å². The molecule has 0 aliphatic rings. The van der Waals surface area contributed by atoms with Crippen LogP contribution in [0.4, 0.5) is 24.5 Å². The van der Waals surface area contributed by atoms with Gasteiger partial charge in [0.15, 0.2) is 0 Å². The smallest absolute Gasteiger partial charge is 0.375 e. The van der Waals surface area contributed by atoms with E-state index < -0.39 is 17.6 Å². The minimum absolute atomic E-state index is 0.0405. The zero-order chi connectivity index (χ0) is 19.4. The third kappa shape index (κ3) is 4.56. The lowest BCUT2D eigenvalue weighted by Crippen LogP contribution is -2.23. The molecular weight excluding hydrogens is 383 g/mol. The van der Waals surface area contributed by atoms with E-state index in [2.05, 4.69) is 20.7 Å². The van der Waals surface area contributed by atoms with Crippen molar-refractivity contribution >= 4 is 28.9 Å². The fourth-order valence-electron chi connectivity index (χ4n) is 2.32. The molecule has 6 nitrogen and oxygen atoms in total. The Morgan fingerprint density at radius 3 is 2.59 bits per heavy atom. The molecule has 2 N–H and O–H groups in total. The zero-order valence-corrected chi connectivity index (χ0v) is 14.4. The lowest BCUT2D eigenvalue weighted by atomic mass is 10.1. The normalized spacial score (nSPS) is 11.3. The molecule has 0 aliphatic heterocycles. The van der Waals surface area contributed by atoms with E-state index in [1.54, 1.807) is 24.3 Å². The quantitative estimate of drug-likeness (QED) is 0.685. The van der Waals surface area contributed by atoms with E-state index in [9.17, 15) is 18.0 Å². The maximum absolute atomic E-state index is 13.0. The monoisotopic (exact) mass is 395 g/mol. The first-order valence-electron chi connectivity index (χ1n) is 7.69. The first-order valence-corrected chi connectivity index (χ1v) is 8.07. The molecule has 1 amide bonds. The van der Waals surface area contributed by atoms with Gasteiger partial charge in [-0.1, -0.05) is 23.7 Å². The van der Waals surface area contributed by atoms with Crippen LogP contribution in [0, 0.1) is 0 Å². The summed E-state index contributed by atoms with van der Waals surface area (Å²) in [7, 11) is 0. The number of benzene rings is 2. The Labute approximate surface area is 157 Å². The van der Waals surface area contributed by atoms with Gasteiger partial charge in [0.05, 0.1) is 34.2 Å². The maximum Gasteiger partial charge on any atom is 0.416 e. The number of anilines is 2. The van der Waals surface area contributed by atoms with E-state index in [0.29, 0.717) is 10.7 Å². The summed E-state index contributed by atoms with van der Waals surface area (Å²) in [6, 6.07) is 9.79. The van der Waals surface area contributed by atoms with Crippen LogP contribution in [-0.4, -0.2) is 27.2 Å². The van der Waals surface area contributed by atoms with Crippen molar-refractivity contribution in [3.8, 4) is 5.69 Å². The lowest BCUT2D eigenvalue weighted by molar-refractivity contribution is -0.137. The van der Waals surface area contributed by atoms with Crippen molar-refractivity contribution in [3.63, 3.8) is 0 Å². The summed E-state index contributed by atoms with van der Waals surface area (Å²) < 4.78 is 40.3. The molecule has 0 spiro atoms. The summed E-state index contributed by atoms with van der Waals surface area (Å²) in [4.78, 5) is 16.0. The van der Waals surface area contributed by atoms with Crippen LogP contribution in [0.25, 0.3) is 5.69 Å². The molecule has 0 radical (unpaired) electrons. The van der Waals surface area contributed by atoms with Crippen LogP contribution in [0.3, 0.4) is 0 Å². The van der Waals surface area contributed by atoms with Crippen LogP contribution in [0.15, 0.2) is 55.1 Å². The van der Waals surface area contributed by atoms with E-state index in [1.165, 1.54) is 23.4 Å². The molecule has 0 unspecified atom stereocenters. The molecule has 3 rings (SSSR count). The van der Waals surface area contributed by atoms with Gasteiger partial charge in [0.25, 0.3) is 0 Å². The predicted octanol–water partition coefficient (Wildman–Crippen LogP) is 3.99. The SMILES string of the molecule is O=C(CNc1ccccc1Cl)Nc1cc(C(F)(F)F)ccc1-n1cncn1. The maximum atomic E-state index is 13.0. The molecular formula is C17H13ClF3N5O. The van der Waals surface area contributed by atoms with Crippen molar-refractivity contribution in [1.29, 1.82) is 0 Å². The van der Waals surface area contributed by atoms with Crippen LogP contribution < -0.4 is 10.6 Å². The Morgan fingerprint density at radius 1 is 1.15 bits per heavy atom. The van der Waals surface area contributed by atoms with Gasteiger partial charge in [0, 0.05) is 0 Å². The van der Waals surface area contributed by atoms with E-state index in [4.69, 9.17) is 11.6 Å². The van der Waals surface area contributed by atoms with Crippen molar-refractivity contribution in [2.45, 2.75) is 6.18 Å². The summed E-state index contributed by atoms with van der Waals surface area (Å²) in [5.41, 5.74) is -0.136. The number of hydrogen-bond acceptors (Lipinski definition) is 4. The van der Waals surface area contributed by atoms with Gasteiger partial charge in [-0.25, -0.2) is 9.67 Å². The molecule has 0 fully saturated rings. The number of halogens is 4. The number of rotatable bonds is 5. The van der Waals surface area contributed by atoms with Crippen molar-refractivity contribution in [3.05, 3.63) is 65.7 Å². The summed E-state index contributed by atoms with van der Waals surface area (Å²) in [5, 5.41) is 9.61. The number of carbonyl (C=O) groups is 1. The number of nitrogens with zero attached hydrogens (tertiary/aromatic N) is 3. The van der Waals surface area contributed by atoms with Crippen LogP contribution in [-0.2, 0) is 11.0 Å². The van der Waals surface area contributed by atoms with Gasteiger partial charge in [0.1, 0.15) is 12.7 Å². The third-order valence-corrected chi connectivity index (χ3v) is 3.91. The number of para-hydroxylation sites is 1. The number of alkyl halides is 3. The number of hydrogen-bond donors (Lipinski definition) is 2. The second-order valence-corrected chi connectivity index (χ2v) is 5.86. The number of amides is 1. The highest BCUT2D eigenvalue weighted by Gasteiger charge is 2.31. The van der Waals surface area contributed by atoms with Crippen LogP contribution in [0.1, 0.15) is 5.56 Å². The molecule has 27 heavy (non-hydrogen) atoms. The number of aromatic nitrogens is 3. The minimum atomic E-state index is -4.55. The topological polar surface area (TPSA) is 71.8 Å². The molecule has 0 bridgehead atoms. The molecule has 0 aliphatic carbocycles. The molecule has 0 atom stereocenters. The second-order valence-electron chi connectivity index (χ2n) is 5.45. The molecule has 10 heteroatoms. The predicted molar refractivity (Wildman–Crippen MR) is 94.9 cm³/mol. The van der Waals surface area contributed by atoms with Crippen molar-refractivity contribution in [2.24, 2.45) is 0 Å². The second kappa shape index (κ2) is 7.67. The number of nitrogens with one attached hydrogen (secondary N) is 2. The average molecular weight is 396 g/mol. The fraction of sp³-hybridized carbons (Fsp3) is 0.118. The van der Waals surface area contributed by atoms with Gasteiger partial charge in [-0.3, -0.25) is 4.79 Å². The Hall–Kier alpha value is -3.07. The highest BCUT2D eigenvalue weighted by molar-refractivity contribution is 6.33.